The minimum Gasteiger partial charge on any atom is -0.394 e. The van der Waals surface area contributed by atoms with Crippen molar-refractivity contribution in [3.8, 4) is 0 Å². The van der Waals surface area contributed by atoms with Gasteiger partial charge < -0.3 is 15.0 Å². The number of pyridine rings is 1. The van der Waals surface area contributed by atoms with Gasteiger partial charge in [-0.2, -0.15) is 0 Å². The summed E-state index contributed by atoms with van der Waals surface area (Å²) in [7, 11) is 0. The van der Waals surface area contributed by atoms with Crippen molar-refractivity contribution >= 4 is 5.91 Å². The smallest absolute Gasteiger partial charge is 0.253 e. The number of carbonyl (C=O) groups excluding carboxylic acids is 1. The van der Waals surface area contributed by atoms with Gasteiger partial charge in [-0.05, 0) is 18.6 Å². The normalized spacial score (nSPS) is 11.9. The highest BCUT2D eigenvalue weighted by Crippen LogP contribution is 2.11. The largest absolute Gasteiger partial charge is 0.394 e. The van der Waals surface area contributed by atoms with Crippen molar-refractivity contribution in [1.82, 2.24) is 9.88 Å². The van der Waals surface area contributed by atoms with Crippen molar-refractivity contribution in [3.05, 3.63) is 70.1 Å². The van der Waals surface area contributed by atoms with Crippen LogP contribution in [0.3, 0.4) is 0 Å². The molecule has 1 heterocycles. The highest BCUT2D eigenvalue weighted by molar-refractivity contribution is 5.76. The SMILES string of the molecule is Cc1cccn(CC(=O)NC(CO)c2ccccc2)c1=O. The van der Waals surface area contributed by atoms with Gasteiger partial charge in [0.2, 0.25) is 5.91 Å². The van der Waals surface area contributed by atoms with Crippen molar-refractivity contribution in [1.29, 1.82) is 0 Å². The lowest BCUT2D eigenvalue weighted by atomic mass is 10.1. The Labute approximate surface area is 122 Å². The van der Waals surface area contributed by atoms with Crippen LogP contribution in [0.2, 0.25) is 0 Å². The Balaban J connectivity index is 2.07. The summed E-state index contributed by atoms with van der Waals surface area (Å²) in [5.74, 6) is -0.314. The lowest BCUT2D eigenvalue weighted by Gasteiger charge is -2.17. The Bertz CT molecular complexity index is 665. The van der Waals surface area contributed by atoms with Gasteiger partial charge in [0, 0.05) is 11.8 Å². The van der Waals surface area contributed by atoms with E-state index in [1.165, 1.54) is 4.57 Å². The van der Waals surface area contributed by atoms with E-state index in [1.807, 2.05) is 30.3 Å². The summed E-state index contributed by atoms with van der Waals surface area (Å²) < 4.78 is 1.35. The Morgan fingerprint density at radius 1 is 1.24 bits per heavy atom. The zero-order chi connectivity index (χ0) is 15.2. The molecule has 0 radical (unpaired) electrons. The number of aliphatic hydroxyl groups excluding tert-OH is 1. The minimum atomic E-state index is -0.473. The van der Waals surface area contributed by atoms with Crippen LogP contribution in [0.5, 0.6) is 0 Å². The quantitative estimate of drug-likeness (QED) is 0.861. The maximum atomic E-state index is 12.0. The number of amides is 1. The van der Waals surface area contributed by atoms with E-state index < -0.39 is 6.04 Å². The maximum absolute atomic E-state index is 12.0. The standard InChI is InChI=1S/C16H18N2O3/c1-12-6-5-9-18(16(12)21)10-15(20)17-14(11-19)13-7-3-2-4-8-13/h2-9,14,19H,10-11H2,1H3,(H,17,20). The first-order valence-corrected chi connectivity index (χ1v) is 6.73. The summed E-state index contributed by atoms with van der Waals surface area (Å²) >= 11 is 0. The zero-order valence-corrected chi connectivity index (χ0v) is 11.8. The van der Waals surface area contributed by atoms with E-state index in [1.54, 1.807) is 25.3 Å². The molecule has 0 bridgehead atoms. The van der Waals surface area contributed by atoms with Crippen molar-refractivity contribution in [2.45, 2.75) is 19.5 Å². The fraction of sp³-hybridized carbons (Fsp3) is 0.250. The number of benzene rings is 1. The molecule has 0 fully saturated rings. The Morgan fingerprint density at radius 2 is 1.95 bits per heavy atom. The molecule has 1 unspecified atom stereocenters. The van der Waals surface area contributed by atoms with Gasteiger partial charge in [-0.15, -0.1) is 0 Å². The second kappa shape index (κ2) is 6.85. The predicted molar refractivity (Wildman–Crippen MR) is 79.9 cm³/mol. The van der Waals surface area contributed by atoms with Gasteiger partial charge in [0.05, 0.1) is 12.6 Å². The lowest BCUT2D eigenvalue weighted by molar-refractivity contribution is -0.122. The van der Waals surface area contributed by atoms with Gasteiger partial charge in [-0.25, -0.2) is 0 Å². The van der Waals surface area contributed by atoms with Crippen LogP contribution < -0.4 is 10.9 Å². The lowest BCUT2D eigenvalue weighted by Crippen LogP contribution is -2.36. The molecule has 21 heavy (non-hydrogen) atoms. The van der Waals surface area contributed by atoms with Crippen LogP contribution in [-0.2, 0) is 11.3 Å². The molecule has 110 valence electrons. The van der Waals surface area contributed by atoms with Crippen LogP contribution in [0.25, 0.3) is 0 Å². The number of aryl methyl sites for hydroxylation is 1. The predicted octanol–water partition coefficient (Wildman–Crippen LogP) is 1.01. The fourth-order valence-corrected chi connectivity index (χ4v) is 2.10. The average Bonchev–Trinajstić information content (AvgIpc) is 2.50. The molecule has 5 nitrogen and oxygen atoms in total. The first-order chi connectivity index (χ1) is 10.1. The monoisotopic (exact) mass is 286 g/mol. The van der Waals surface area contributed by atoms with Crippen LogP contribution in [-0.4, -0.2) is 22.2 Å². The van der Waals surface area contributed by atoms with Crippen molar-refractivity contribution in [2.75, 3.05) is 6.61 Å². The fourth-order valence-electron chi connectivity index (χ4n) is 2.10. The highest BCUT2D eigenvalue weighted by atomic mass is 16.3. The van der Waals surface area contributed by atoms with Crippen LogP contribution in [0.15, 0.2) is 53.5 Å². The molecule has 0 spiro atoms. The molecule has 2 rings (SSSR count). The number of rotatable bonds is 5. The molecule has 0 aliphatic carbocycles. The molecule has 0 saturated carbocycles. The summed E-state index contributed by atoms with van der Waals surface area (Å²) in [4.78, 5) is 23.9. The summed E-state index contributed by atoms with van der Waals surface area (Å²) in [6.07, 6.45) is 1.57. The second-order valence-electron chi connectivity index (χ2n) is 4.84. The van der Waals surface area contributed by atoms with Gasteiger partial charge in [0.25, 0.3) is 5.56 Å². The molecular weight excluding hydrogens is 268 g/mol. The molecule has 1 atom stereocenters. The molecule has 1 aromatic heterocycles. The molecule has 1 amide bonds. The molecule has 0 saturated heterocycles. The number of aromatic nitrogens is 1. The Hall–Kier alpha value is -2.40. The Morgan fingerprint density at radius 3 is 2.62 bits per heavy atom. The van der Waals surface area contributed by atoms with Crippen LogP contribution in [0.1, 0.15) is 17.2 Å². The molecule has 5 heteroatoms. The molecule has 0 aliphatic rings. The topological polar surface area (TPSA) is 71.3 Å². The van der Waals surface area contributed by atoms with Gasteiger partial charge in [-0.1, -0.05) is 36.4 Å². The third-order valence-corrected chi connectivity index (χ3v) is 3.24. The number of nitrogens with one attached hydrogen (secondary N) is 1. The summed E-state index contributed by atoms with van der Waals surface area (Å²) in [5.41, 5.74) is 1.23. The Kier molecular flexibility index (Phi) is 4.90. The van der Waals surface area contributed by atoms with E-state index in [-0.39, 0.29) is 24.6 Å². The molecule has 1 aromatic carbocycles. The zero-order valence-electron chi connectivity index (χ0n) is 11.8. The molecule has 2 N–H and O–H groups in total. The van der Waals surface area contributed by atoms with Crippen molar-refractivity contribution < 1.29 is 9.90 Å². The number of hydrogen-bond donors (Lipinski definition) is 2. The van der Waals surface area contributed by atoms with Gasteiger partial charge in [-0.3, -0.25) is 9.59 Å². The van der Waals surface area contributed by atoms with E-state index in [0.717, 1.165) is 5.56 Å². The van der Waals surface area contributed by atoms with Gasteiger partial charge >= 0.3 is 0 Å². The summed E-state index contributed by atoms with van der Waals surface area (Å²) in [6.45, 7) is 1.44. The van der Waals surface area contributed by atoms with Crippen molar-refractivity contribution in [3.63, 3.8) is 0 Å². The number of hydrogen-bond acceptors (Lipinski definition) is 3. The second-order valence-corrected chi connectivity index (χ2v) is 4.84. The number of carbonyl (C=O) groups is 1. The van der Waals surface area contributed by atoms with E-state index in [4.69, 9.17) is 0 Å². The third kappa shape index (κ3) is 3.79. The van der Waals surface area contributed by atoms with E-state index in [2.05, 4.69) is 5.32 Å². The summed E-state index contributed by atoms with van der Waals surface area (Å²) in [5, 5.41) is 12.1. The first kappa shape index (κ1) is 15.0. The third-order valence-electron chi connectivity index (χ3n) is 3.24. The molecular formula is C16H18N2O3. The van der Waals surface area contributed by atoms with Crippen LogP contribution in [0, 0.1) is 6.92 Å². The van der Waals surface area contributed by atoms with Crippen molar-refractivity contribution in [2.24, 2.45) is 0 Å². The number of aliphatic hydroxyl groups is 1. The summed E-state index contributed by atoms with van der Waals surface area (Å²) in [6, 6.07) is 12.2. The average molecular weight is 286 g/mol. The molecule has 2 aromatic rings. The minimum absolute atomic E-state index is 0.0656. The van der Waals surface area contributed by atoms with Crippen LogP contribution >= 0.6 is 0 Å². The first-order valence-electron chi connectivity index (χ1n) is 6.73. The van der Waals surface area contributed by atoms with E-state index >= 15 is 0 Å². The van der Waals surface area contributed by atoms with E-state index in [9.17, 15) is 14.7 Å². The van der Waals surface area contributed by atoms with E-state index in [0.29, 0.717) is 5.56 Å². The number of nitrogens with zero attached hydrogens (tertiary/aromatic N) is 1. The van der Waals surface area contributed by atoms with Crippen LogP contribution in [0.4, 0.5) is 0 Å². The molecule has 0 aliphatic heterocycles. The maximum Gasteiger partial charge on any atom is 0.253 e. The van der Waals surface area contributed by atoms with Gasteiger partial charge in [0.1, 0.15) is 6.54 Å². The highest BCUT2D eigenvalue weighted by Gasteiger charge is 2.14. The van der Waals surface area contributed by atoms with Gasteiger partial charge in [0.15, 0.2) is 0 Å².